The number of aromatic nitrogens is 2. The SMILES string of the molecule is CN(C(=O)c1cccs1)C(Cc1ccccc1F)C1CCN(Cc2ccc3nsnc3c2)CC1. The lowest BCUT2D eigenvalue weighted by Crippen LogP contribution is -2.47. The molecule has 1 unspecified atom stereocenters. The molecule has 8 heteroatoms. The summed E-state index contributed by atoms with van der Waals surface area (Å²) in [4.78, 5) is 18.2. The van der Waals surface area contributed by atoms with Crippen molar-refractivity contribution in [3.05, 3.63) is 81.8 Å². The molecular formula is C26H27FN4OS2. The van der Waals surface area contributed by atoms with Gasteiger partial charge in [0, 0.05) is 19.6 Å². The zero-order valence-electron chi connectivity index (χ0n) is 19.1. The van der Waals surface area contributed by atoms with Crippen LogP contribution in [0.2, 0.25) is 0 Å². The summed E-state index contributed by atoms with van der Waals surface area (Å²) in [5, 5.41) is 1.92. The van der Waals surface area contributed by atoms with Crippen molar-refractivity contribution >= 4 is 40.0 Å². The van der Waals surface area contributed by atoms with E-state index >= 15 is 0 Å². The summed E-state index contributed by atoms with van der Waals surface area (Å²) in [6.45, 7) is 2.78. The summed E-state index contributed by atoms with van der Waals surface area (Å²) < 4.78 is 23.2. The van der Waals surface area contributed by atoms with Gasteiger partial charge in [-0.1, -0.05) is 30.3 Å². The molecule has 34 heavy (non-hydrogen) atoms. The number of thiophene rings is 1. The molecule has 0 radical (unpaired) electrons. The van der Waals surface area contributed by atoms with E-state index in [-0.39, 0.29) is 17.8 Å². The highest BCUT2D eigenvalue weighted by molar-refractivity contribution is 7.12. The molecule has 0 saturated carbocycles. The van der Waals surface area contributed by atoms with Crippen LogP contribution in [0, 0.1) is 11.7 Å². The molecule has 3 heterocycles. The van der Waals surface area contributed by atoms with Crippen LogP contribution < -0.4 is 0 Å². The van der Waals surface area contributed by atoms with E-state index < -0.39 is 0 Å². The number of rotatable bonds is 7. The van der Waals surface area contributed by atoms with Gasteiger partial charge in [-0.2, -0.15) is 8.75 Å². The summed E-state index contributed by atoms with van der Waals surface area (Å²) >= 11 is 2.70. The van der Waals surface area contributed by atoms with Crippen LogP contribution in [-0.2, 0) is 13.0 Å². The van der Waals surface area contributed by atoms with E-state index in [0.717, 1.165) is 48.4 Å². The Balaban J connectivity index is 1.29. The zero-order valence-corrected chi connectivity index (χ0v) is 20.7. The third-order valence-electron chi connectivity index (χ3n) is 6.84. The Bertz CT molecular complexity index is 1250. The van der Waals surface area contributed by atoms with Gasteiger partial charge in [-0.15, -0.1) is 11.3 Å². The Morgan fingerprint density at radius 2 is 1.91 bits per heavy atom. The maximum atomic E-state index is 14.5. The molecule has 2 aromatic heterocycles. The average molecular weight is 495 g/mol. The second-order valence-electron chi connectivity index (χ2n) is 8.96. The number of piperidine rings is 1. The predicted octanol–water partition coefficient (Wildman–Crippen LogP) is 5.49. The highest BCUT2D eigenvalue weighted by atomic mass is 32.1. The molecule has 0 bridgehead atoms. The molecule has 0 N–H and O–H groups in total. The zero-order chi connectivity index (χ0) is 23.5. The maximum Gasteiger partial charge on any atom is 0.263 e. The number of hydrogen-bond donors (Lipinski definition) is 0. The van der Waals surface area contributed by atoms with Gasteiger partial charge in [0.25, 0.3) is 5.91 Å². The lowest BCUT2D eigenvalue weighted by Gasteiger charge is -2.40. The van der Waals surface area contributed by atoms with Crippen molar-refractivity contribution in [2.75, 3.05) is 20.1 Å². The van der Waals surface area contributed by atoms with Crippen LogP contribution in [0.1, 0.15) is 33.6 Å². The highest BCUT2D eigenvalue weighted by Crippen LogP contribution is 2.29. The number of halogens is 1. The molecule has 5 rings (SSSR count). The van der Waals surface area contributed by atoms with Gasteiger partial charge in [-0.05, 0) is 79.0 Å². The molecule has 0 spiro atoms. The third kappa shape index (κ3) is 5.04. The summed E-state index contributed by atoms with van der Waals surface area (Å²) in [5.74, 6) is 0.132. The Labute approximate surface area is 207 Å². The Morgan fingerprint density at radius 1 is 1.12 bits per heavy atom. The fourth-order valence-electron chi connectivity index (χ4n) is 4.91. The van der Waals surface area contributed by atoms with Crippen LogP contribution in [0.15, 0.2) is 60.0 Å². The van der Waals surface area contributed by atoms with Crippen molar-refractivity contribution < 1.29 is 9.18 Å². The lowest BCUT2D eigenvalue weighted by molar-refractivity contribution is 0.0588. The molecule has 1 amide bonds. The van der Waals surface area contributed by atoms with Gasteiger partial charge in [0.2, 0.25) is 0 Å². The molecule has 4 aromatic rings. The first-order valence-corrected chi connectivity index (χ1v) is 13.2. The smallest absolute Gasteiger partial charge is 0.263 e. The number of likely N-dealkylation sites (tertiary alicyclic amines) is 1. The minimum atomic E-state index is -0.200. The van der Waals surface area contributed by atoms with Gasteiger partial charge < -0.3 is 4.90 Å². The number of amides is 1. The molecule has 1 atom stereocenters. The van der Waals surface area contributed by atoms with Crippen LogP contribution in [-0.4, -0.2) is 50.6 Å². The van der Waals surface area contributed by atoms with Crippen molar-refractivity contribution in [3.8, 4) is 0 Å². The van der Waals surface area contributed by atoms with Gasteiger partial charge >= 0.3 is 0 Å². The quantitative estimate of drug-likeness (QED) is 0.341. The summed E-state index contributed by atoms with van der Waals surface area (Å²) in [6, 6.07) is 16.9. The number of carbonyl (C=O) groups excluding carboxylic acids is 1. The van der Waals surface area contributed by atoms with Crippen LogP contribution in [0.4, 0.5) is 4.39 Å². The number of hydrogen-bond acceptors (Lipinski definition) is 6. The lowest BCUT2D eigenvalue weighted by atomic mass is 9.84. The highest BCUT2D eigenvalue weighted by Gasteiger charge is 2.32. The van der Waals surface area contributed by atoms with Crippen molar-refractivity contribution in [2.45, 2.75) is 31.8 Å². The Morgan fingerprint density at radius 3 is 2.68 bits per heavy atom. The van der Waals surface area contributed by atoms with Crippen LogP contribution in [0.3, 0.4) is 0 Å². The molecule has 0 aliphatic carbocycles. The van der Waals surface area contributed by atoms with Crippen molar-refractivity contribution in [1.29, 1.82) is 0 Å². The third-order valence-corrected chi connectivity index (χ3v) is 8.25. The molecule has 1 aliphatic heterocycles. The Hall–Kier alpha value is -2.68. The molecule has 1 aliphatic rings. The molecule has 176 valence electrons. The number of benzene rings is 2. The maximum absolute atomic E-state index is 14.5. The van der Waals surface area contributed by atoms with Crippen LogP contribution in [0.25, 0.3) is 11.0 Å². The summed E-state index contributed by atoms with van der Waals surface area (Å²) in [5.41, 5.74) is 3.82. The number of likely N-dealkylation sites (N-methyl/N-ethyl adjacent to an activating group) is 1. The van der Waals surface area contributed by atoms with E-state index in [0.29, 0.717) is 17.9 Å². The second-order valence-corrected chi connectivity index (χ2v) is 10.4. The number of nitrogens with zero attached hydrogens (tertiary/aromatic N) is 4. The summed E-state index contributed by atoms with van der Waals surface area (Å²) in [7, 11) is 1.87. The average Bonchev–Trinajstić information content (AvgIpc) is 3.55. The van der Waals surface area contributed by atoms with Gasteiger partial charge in [0.1, 0.15) is 16.9 Å². The van der Waals surface area contributed by atoms with E-state index in [1.807, 2.05) is 47.7 Å². The molecule has 5 nitrogen and oxygen atoms in total. The van der Waals surface area contributed by atoms with Crippen molar-refractivity contribution in [3.63, 3.8) is 0 Å². The molecule has 1 fully saturated rings. The first-order valence-electron chi connectivity index (χ1n) is 11.6. The molecular weight excluding hydrogens is 467 g/mol. The summed E-state index contributed by atoms with van der Waals surface area (Å²) in [6.07, 6.45) is 2.47. The topological polar surface area (TPSA) is 49.3 Å². The minimum absolute atomic E-state index is 0.0175. The fourth-order valence-corrected chi connectivity index (χ4v) is 6.14. The van der Waals surface area contributed by atoms with E-state index in [1.54, 1.807) is 6.07 Å². The first kappa shape index (κ1) is 23.1. The van der Waals surface area contributed by atoms with E-state index in [4.69, 9.17) is 0 Å². The first-order chi connectivity index (χ1) is 16.6. The van der Waals surface area contributed by atoms with Crippen molar-refractivity contribution in [1.82, 2.24) is 18.5 Å². The number of carbonyl (C=O) groups is 1. The van der Waals surface area contributed by atoms with Gasteiger partial charge in [-0.3, -0.25) is 9.69 Å². The fraction of sp³-hybridized carbons (Fsp3) is 0.346. The van der Waals surface area contributed by atoms with E-state index in [2.05, 4.69) is 25.8 Å². The van der Waals surface area contributed by atoms with Gasteiger partial charge in [-0.25, -0.2) is 4.39 Å². The monoisotopic (exact) mass is 494 g/mol. The van der Waals surface area contributed by atoms with Gasteiger partial charge in [0.05, 0.1) is 16.6 Å². The van der Waals surface area contributed by atoms with E-state index in [1.165, 1.54) is 34.7 Å². The van der Waals surface area contributed by atoms with E-state index in [9.17, 15) is 9.18 Å². The normalized spacial score (nSPS) is 16.1. The standard InChI is InChI=1S/C26H27FN4OS2/c1-30(26(32)25-7-4-14-33-25)24(16-20-5-2-3-6-21(20)27)19-10-12-31(13-11-19)17-18-8-9-22-23(15-18)29-34-28-22/h2-9,14-15,19,24H,10-13,16-17H2,1H3. The largest absolute Gasteiger partial charge is 0.337 e. The molecule has 1 saturated heterocycles. The molecule has 2 aromatic carbocycles. The van der Waals surface area contributed by atoms with Crippen molar-refractivity contribution in [2.24, 2.45) is 5.92 Å². The number of fused-ring (bicyclic) bond motifs is 1. The van der Waals surface area contributed by atoms with Gasteiger partial charge in [0.15, 0.2) is 0 Å². The van der Waals surface area contributed by atoms with Crippen LogP contribution >= 0.6 is 23.1 Å². The second kappa shape index (κ2) is 10.3. The Kier molecular flexibility index (Phi) is 6.99. The van der Waals surface area contributed by atoms with Crippen LogP contribution in [0.5, 0.6) is 0 Å². The minimum Gasteiger partial charge on any atom is -0.337 e. The predicted molar refractivity (Wildman–Crippen MR) is 136 cm³/mol.